The number of nitrogens with two attached hydrogens (primary N) is 1. The van der Waals surface area contributed by atoms with Gasteiger partial charge >= 0.3 is 6.01 Å². The Balaban J connectivity index is 1.23. The van der Waals surface area contributed by atoms with Crippen molar-refractivity contribution in [2.75, 3.05) is 56.6 Å². The molecule has 0 amide bonds. The molecule has 46 heavy (non-hydrogen) atoms. The summed E-state index contributed by atoms with van der Waals surface area (Å²) in [7, 11) is 0. The predicted octanol–water partition coefficient (Wildman–Crippen LogP) is 7.30. The molecule has 0 radical (unpaired) electrons. The third kappa shape index (κ3) is 5.14. The molecule has 12 heteroatoms. The fraction of sp³-hybridized carbons (Fsp3) is 0.500. The number of ether oxygens (including phenoxy) is 2. The van der Waals surface area contributed by atoms with Gasteiger partial charge in [-0.15, -0.1) is 11.3 Å². The highest BCUT2D eigenvalue weighted by molar-refractivity contribution is 7.23. The van der Waals surface area contributed by atoms with E-state index in [0.717, 1.165) is 76.2 Å². The Morgan fingerprint density at radius 1 is 1.09 bits per heavy atom. The molecule has 2 aromatic heterocycles. The van der Waals surface area contributed by atoms with E-state index in [4.69, 9.17) is 31.8 Å². The molecule has 3 aliphatic heterocycles. The highest BCUT2D eigenvalue weighted by atomic mass is 35.5. The number of thiophene rings is 1. The van der Waals surface area contributed by atoms with Gasteiger partial charge in [-0.2, -0.15) is 15.2 Å². The van der Waals surface area contributed by atoms with E-state index in [0.29, 0.717) is 24.4 Å². The number of halogens is 3. The van der Waals surface area contributed by atoms with Crippen molar-refractivity contribution in [1.82, 2.24) is 14.9 Å². The van der Waals surface area contributed by atoms with Crippen LogP contribution in [0.15, 0.2) is 18.2 Å². The number of piperidine rings is 2. The van der Waals surface area contributed by atoms with Crippen LogP contribution >= 0.6 is 22.9 Å². The lowest BCUT2D eigenvalue weighted by molar-refractivity contribution is -0.151. The largest absolute Gasteiger partial charge is 0.463 e. The van der Waals surface area contributed by atoms with Gasteiger partial charge in [-0.25, -0.2) is 8.78 Å². The van der Waals surface area contributed by atoms with Crippen LogP contribution < -0.4 is 15.4 Å². The van der Waals surface area contributed by atoms with Crippen LogP contribution in [-0.2, 0) is 4.74 Å². The maximum Gasteiger partial charge on any atom is 0.319 e. The molecule has 1 spiro atoms. The minimum atomic E-state index is -0.682. The zero-order valence-corrected chi connectivity index (χ0v) is 27.1. The molecular weight excluding hydrogens is 630 g/mol. The molecule has 8 nitrogen and oxygen atoms in total. The minimum Gasteiger partial charge on any atom is -0.463 e. The second-order valence-electron chi connectivity index (χ2n) is 13.5. The lowest BCUT2D eigenvalue weighted by Crippen LogP contribution is -2.56. The zero-order valence-electron chi connectivity index (χ0n) is 25.5. The third-order valence-electron chi connectivity index (χ3n) is 10.3. The number of hydrogen-bond donors (Lipinski definition) is 1. The van der Waals surface area contributed by atoms with Gasteiger partial charge in [0.05, 0.1) is 34.1 Å². The first-order chi connectivity index (χ1) is 22.3. The summed E-state index contributed by atoms with van der Waals surface area (Å²) in [6.45, 7) is 5.78. The van der Waals surface area contributed by atoms with E-state index in [9.17, 15) is 9.65 Å². The van der Waals surface area contributed by atoms with Gasteiger partial charge in [0.2, 0.25) is 0 Å². The zero-order chi connectivity index (χ0) is 31.6. The Morgan fingerprint density at radius 3 is 2.61 bits per heavy atom. The summed E-state index contributed by atoms with van der Waals surface area (Å²) in [5.74, 6) is -0.659. The number of hydrogen-bond acceptors (Lipinski definition) is 9. The fourth-order valence-corrected chi connectivity index (χ4v) is 8.79. The molecule has 2 aromatic carbocycles. The average molecular weight is 665 g/mol. The first-order valence-electron chi connectivity index (χ1n) is 16.1. The van der Waals surface area contributed by atoms with E-state index < -0.39 is 11.6 Å². The first-order valence-corrected chi connectivity index (χ1v) is 17.3. The number of rotatable bonds is 7. The van der Waals surface area contributed by atoms with Crippen molar-refractivity contribution in [3.05, 3.63) is 40.4 Å². The van der Waals surface area contributed by atoms with Gasteiger partial charge in [0, 0.05) is 47.8 Å². The van der Waals surface area contributed by atoms with Crippen molar-refractivity contribution in [3.8, 4) is 23.2 Å². The Kier molecular flexibility index (Phi) is 7.48. The summed E-state index contributed by atoms with van der Waals surface area (Å²) in [6, 6.07) is 6.55. The van der Waals surface area contributed by atoms with Crippen molar-refractivity contribution in [3.63, 3.8) is 0 Å². The SMILES string of the molecule is N#Cc1c(N)sc2c(F)ccc(-c3c(Cl)cc4c(N5CCC[C@]6(CCO6)C5)nc(OCC5(CN6CCCCC6)CC5)nc4c3F)c12. The predicted molar refractivity (Wildman–Crippen MR) is 177 cm³/mol. The van der Waals surface area contributed by atoms with Crippen LogP contribution in [0.3, 0.4) is 0 Å². The number of nitrogens with zero attached hydrogens (tertiary/aromatic N) is 5. The summed E-state index contributed by atoms with van der Waals surface area (Å²) < 4.78 is 44.4. The molecule has 1 aliphatic carbocycles. The summed E-state index contributed by atoms with van der Waals surface area (Å²) >= 11 is 7.83. The molecule has 240 valence electrons. The topological polar surface area (TPSA) is 101 Å². The Morgan fingerprint density at radius 2 is 1.89 bits per heavy atom. The molecular formula is C34H35ClF2N6O2S. The van der Waals surface area contributed by atoms with Crippen LogP contribution in [0, 0.1) is 28.4 Å². The monoisotopic (exact) mass is 664 g/mol. The number of nitriles is 1. The molecule has 4 aliphatic rings. The molecule has 2 N–H and O–H groups in total. The molecule has 3 saturated heterocycles. The van der Waals surface area contributed by atoms with E-state index in [-0.39, 0.29) is 59.3 Å². The van der Waals surface area contributed by atoms with Gasteiger partial charge in [-0.1, -0.05) is 24.1 Å². The molecule has 4 fully saturated rings. The Labute approximate surface area is 275 Å². The summed E-state index contributed by atoms with van der Waals surface area (Å²) in [4.78, 5) is 14.2. The lowest BCUT2D eigenvalue weighted by atomic mass is 9.86. The number of fused-ring (bicyclic) bond motifs is 2. The Bertz CT molecular complexity index is 1900. The van der Waals surface area contributed by atoms with Crippen LogP contribution in [0.5, 0.6) is 6.01 Å². The van der Waals surface area contributed by atoms with E-state index in [1.807, 2.05) is 0 Å². The second kappa shape index (κ2) is 11.4. The quantitative estimate of drug-likeness (QED) is 0.220. The van der Waals surface area contributed by atoms with Gasteiger partial charge in [0.15, 0.2) is 5.82 Å². The first kappa shape index (κ1) is 30.1. The van der Waals surface area contributed by atoms with E-state index in [1.165, 1.54) is 31.4 Å². The standard InChI is InChI=1S/C34H35ClF2N6O2S/c35-23-15-21-28(27(37)26(23)20-5-6-24(36)29-25(20)22(16-38)30(39)46-29)40-32(41-31(21)43-13-4-7-34(18-43)10-14-45-34)44-19-33(8-9-33)17-42-11-2-1-3-12-42/h5-6,15H,1-4,7-14,17-19,39H2/t34-/m0/s1. The number of likely N-dealkylation sites (tertiary alicyclic amines) is 1. The highest BCUT2D eigenvalue weighted by Crippen LogP contribution is 2.48. The smallest absolute Gasteiger partial charge is 0.319 e. The van der Waals surface area contributed by atoms with Crippen molar-refractivity contribution >= 4 is 54.7 Å². The highest BCUT2D eigenvalue weighted by Gasteiger charge is 2.46. The maximum absolute atomic E-state index is 17.0. The van der Waals surface area contributed by atoms with Gasteiger partial charge in [-0.3, -0.25) is 0 Å². The van der Waals surface area contributed by atoms with Gasteiger partial charge < -0.3 is 25.0 Å². The average Bonchev–Trinajstić information content (AvgIpc) is 3.72. The van der Waals surface area contributed by atoms with Crippen molar-refractivity contribution in [2.45, 2.75) is 57.0 Å². The second-order valence-corrected chi connectivity index (χ2v) is 14.9. The molecule has 0 unspecified atom stereocenters. The van der Waals surface area contributed by atoms with Gasteiger partial charge in [-0.05, 0) is 69.3 Å². The van der Waals surface area contributed by atoms with Crippen molar-refractivity contribution < 1.29 is 18.3 Å². The molecule has 5 heterocycles. The number of benzene rings is 2. The summed E-state index contributed by atoms with van der Waals surface area (Å²) in [6.07, 6.45) is 8.76. The lowest BCUT2D eigenvalue weighted by Gasteiger charge is -2.48. The van der Waals surface area contributed by atoms with Gasteiger partial charge in [0.25, 0.3) is 0 Å². The number of aromatic nitrogens is 2. The van der Waals surface area contributed by atoms with Crippen molar-refractivity contribution in [1.29, 1.82) is 5.26 Å². The molecule has 1 atom stereocenters. The minimum absolute atomic E-state index is 0.0327. The molecule has 1 saturated carbocycles. The van der Waals surface area contributed by atoms with Crippen molar-refractivity contribution in [2.24, 2.45) is 5.41 Å². The molecule has 4 aromatic rings. The number of anilines is 2. The molecule has 8 rings (SSSR count). The van der Waals surface area contributed by atoms with Crippen LogP contribution in [-0.4, -0.2) is 66.4 Å². The summed E-state index contributed by atoms with van der Waals surface area (Å²) in [5, 5.41) is 10.8. The normalized spacial score (nSPS) is 22.7. The number of nitrogen functional groups attached to an aromatic ring is 1. The maximum atomic E-state index is 17.0. The van der Waals surface area contributed by atoms with Gasteiger partial charge in [0.1, 0.15) is 28.2 Å². The van der Waals surface area contributed by atoms with Crippen LogP contribution in [0.1, 0.15) is 56.9 Å². The van der Waals surface area contributed by atoms with Crippen LogP contribution in [0.2, 0.25) is 5.02 Å². The molecule has 0 bridgehead atoms. The Hall–Kier alpha value is -3.30. The summed E-state index contributed by atoms with van der Waals surface area (Å²) in [5.41, 5.74) is 6.39. The van der Waals surface area contributed by atoms with Crippen LogP contribution in [0.25, 0.3) is 32.1 Å². The fourth-order valence-electron chi connectivity index (χ4n) is 7.55. The third-order valence-corrected chi connectivity index (χ3v) is 11.6. The van der Waals surface area contributed by atoms with Crippen LogP contribution in [0.4, 0.5) is 19.6 Å². The van der Waals surface area contributed by atoms with E-state index >= 15 is 4.39 Å². The van der Waals surface area contributed by atoms with E-state index in [1.54, 1.807) is 6.07 Å². The van der Waals surface area contributed by atoms with E-state index in [2.05, 4.69) is 20.9 Å².